The Morgan fingerprint density at radius 1 is 1.18 bits per heavy atom. The molecule has 3 rings (SSSR count). The standard InChI is InChI=1S/C16H15N3O3/c1-10-5-6-11-12(17-10)3-2-4-13(11)18-14(20)9-19-15(21)7-8-16(19)22/h2-6H,7-9H2,1H3,(H,18,20). The fourth-order valence-electron chi connectivity index (χ4n) is 2.50. The van der Waals surface area contributed by atoms with Gasteiger partial charge in [-0.2, -0.15) is 0 Å². The highest BCUT2D eigenvalue weighted by atomic mass is 16.2. The number of carbonyl (C=O) groups is 3. The van der Waals surface area contributed by atoms with Crippen LogP contribution in [-0.2, 0) is 14.4 Å². The normalized spacial score (nSPS) is 14.7. The quantitative estimate of drug-likeness (QED) is 0.873. The minimum atomic E-state index is -0.392. The van der Waals surface area contributed by atoms with Crippen LogP contribution in [-0.4, -0.2) is 34.2 Å². The number of anilines is 1. The number of imide groups is 1. The van der Waals surface area contributed by atoms with Crippen LogP contribution >= 0.6 is 0 Å². The largest absolute Gasteiger partial charge is 0.324 e. The summed E-state index contributed by atoms with van der Waals surface area (Å²) in [5.41, 5.74) is 2.30. The number of amides is 3. The predicted molar refractivity (Wildman–Crippen MR) is 81.1 cm³/mol. The van der Waals surface area contributed by atoms with Crippen molar-refractivity contribution < 1.29 is 14.4 Å². The molecule has 0 aliphatic carbocycles. The summed E-state index contributed by atoms with van der Waals surface area (Å²) in [5.74, 6) is -0.984. The number of fused-ring (bicyclic) bond motifs is 1. The number of nitrogens with one attached hydrogen (secondary N) is 1. The Hall–Kier alpha value is -2.76. The summed E-state index contributed by atoms with van der Waals surface area (Å²) in [6.45, 7) is 1.66. The first-order valence-corrected chi connectivity index (χ1v) is 7.04. The maximum absolute atomic E-state index is 12.1. The smallest absolute Gasteiger partial charge is 0.244 e. The fourth-order valence-corrected chi connectivity index (χ4v) is 2.50. The van der Waals surface area contributed by atoms with Gasteiger partial charge < -0.3 is 5.32 Å². The van der Waals surface area contributed by atoms with Gasteiger partial charge in [0, 0.05) is 23.9 Å². The molecule has 1 aliphatic rings. The Morgan fingerprint density at radius 3 is 2.64 bits per heavy atom. The molecule has 22 heavy (non-hydrogen) atoms. The average Bonchev–Trinajstić information content (AvgIpc) is 2.79. The minimum absolute atomic E-state index is 0.184. The first-order chi connectivity index (χ1) is 10.5. The Labute approximate surface area is 127 Å². The maximum Gasteiger partial charge on any atom is 0.244 e. The van der Waals surface area contributed by atoms with Gasteiger partial charge in [-0.15, -0.1) is 0 Å². The van der Waals surface area contributed by atoms with Crippen molar-refractivity contribution in [2.45, 2.75) is 19.8 Å². The summed E-state index contributed by atoms with van der Waals surface area (Å²) in [4.78, 5) is 40.6. The molecule has 3 amide bonds. The molecule has 112 valence electrons. The molecule has 0 radical (unpaired) electrons. The lowest BCUT2D eigenvalue weighted by Gasteiger charge is -2.14. The number of nitrogens with zero attached hydrogens (tertiary/aromatic N) is 2. The molecular weight excluding hydrogens is 282 g/mol. The van der Waals surface area contributed by atoms with Crippen molar-refractivity contribution in [1.82, 2.24) is 9.88 Å². The Balaban J connectivity index is 1.80. The first kappa shape index (κ1) is 14.2. The van der Waals surface area contributed by atoms with Crippen LogP contribution < -0.4 is 5.32 Å². The Bertz CT molecular complexity index is 769. The summed E-state index contributed by atoms with van der Waals surface area (Å²) in [6.07, 6.45) is 0.368. The number of aromatic nitrogens is 1. The van der Waals surface area contributed by atoms with Crippen molar-refractivity contribution in [2.24, 2.45) is 0 Å². The molecule has 1 saturated heterocycles. The van der Waals surface area contributed by atoms with Gasteiger partial charge in [0.05, 0.1) is 11.2 Å². The summed E-state index contributed by atoms with van der Waals surface area (Å²) in [6, 6.07) is 9.19. The number of hydrogen-bond acceptors (Lipinski definition) is 4. The molecule has 0 atom stereocenters. The number of benzene rings is 1. The van der Waals surface area contributed by atoms with Crippen molar-refractivity contribution in [1.29, 1.82) is 0 Å². The van der Waals surface area contributed by atoms with E-state index in [0.29, 0.717) is 5.69 Å². The number of carbonyl (C=O) groups excluding carboxylic acids is 3. The number of pyridine rings is 1. The molecule has 0 bridgehead atoms. The SMILES string of the molecule is Cc1ccc2c(NC(=O)CN3C(=O)CCC3=O)cccc2n1. The van der Waals surface area contributed by atoms with Gasteiger partial charge in [0.1, 0.15) is 6.54 Å². The second kappa shape index (κ2) is 5.55. The second-order valence-corrected chi connectivity index (χ2v) is 5.25. The van der Waals surface area contributed by atoms with E-state index in [1.54, 1.807) is 12.1 Å². The zero-order valence-electron chi connectivity index (χ0n) is 12.1. The van der Waals surface area contributed by atoms with E-state index in [2.05, 4.69) is 10.3 Å². The third kappa shape index (κ3) is 2.67. The van der Waals surface area contributed by atoms with Crippen molar-refractivity contribution in [3.8, 4) is 0 Å². The summed E-state index contributed by atoms with van der Waals surface area (Å²) in [5, 5.41) is 3.57. The Morgan fingerprint density at radius 2 is 1.91 bits per heavy atom. The van der Waals surface area contributed by atoms with Gasteiger partial charge in [-0.1, -0.05) is 6.07 Å². The van der Waals surface area contributed by atoms with Crippen LogP contribution in [0.25, 0.3) is 10.9 Å². The van der Waals surface area contributed by atoms with Crippen LogP contribution in [0.5, 0.6) is 0 Å². The van der Waals surface area contributed by atoms with Crippen LogP contribution in [0.15, 0.2) is 30.3 Å². The molecule has 6 heteroatoms. The van der Waals surface area contributed by atoms with E-state index in [4.69, 9.17) is 0 Å². The van der Waals surface area contributed by atoms with Gasteiger partial charge >= 0.3 is 0 Å². The predicted octanol–water partition coefficient (Wildman–Crippen LogP) is 1.63. The molecule has 1 fully saturated rings. The summed E-state index contributed by atoms with van der Waals surface area (Å²) < 4.78 is 0. The van der Waals surface area contributed by atoms with Crippen LogP contribution in [0.3, 0.4) is 0 Å². The van der Waals surface area contributed by atoms with Gasteiger partial charge in [-0.05, 0) is 31.2 Å². The molecule has 2 aromatic rings. The highest BCUT2D eigenvalue weighted by Crippen LogP contribution is 2.22. The summed E-state index contributed by atoms with van der Waals surface area (Å²) >= 11 is 0. The van der Waals surface area contributed by atoms with Crippen molar-refractivity contribution in [2.75, 3.05) is 11.9 Å². The number of rotatable bonds is 3. The average molecular weight is 297 g/mol. The van der Waals surface area contributed by atoms with Gasteiger partial charge in [0.2, 0.25) is 17.7 Å². The molecule has 1 aliphatic heterocycles. The molecule has 0 unspecified atom stereocenters. The molecule has 0 spiro atoms. The van der Waals surface area contributed by atoms with Gasteiger partial charge in [-0.3, -0.25) is 24.3 Å². The molecule has 1 aromatic heterocycles. The van der Waals surface area contributed by atoms with Crippen LogP contribution in [0.4, 0.5) is 5.69 Å². The maximum atomic E-state index is 12.1. The van der Waals surface area contributed by atoms with E-state index in [1.165, 1.54) is 0 Å². The second-order valence-electron chi connectivity index (χ2n) is 5.25. The first-order valence-electron chi connectivity index (χ1n) is 7.04. The molecule has 2 heterocycles. The van der Waals surface area contributed by atoms with Crippen molar-refractivity contribution in [3.05, 3.63) is 36.0 Å². The van der Waals surface area contributed by atoms with E-state index in [-0.39, 0.29) is 31.2 Å². The topological polar surface area (TPSA) is 79.4 Å². The Kier molecular flexibility index (Phi) is 3.58. The van der Waals surface area contributed by atoms with Gasteiger partial charge in [0.25, 0.3) is 0 Å². The van der Waals surface area contributed by atoms with E-state index >= 15 is 0 Å². The fraction of sp³-hybridized carbons (Fsp3) is 0.250. The van der Waals surface area contributed by atoms with Crippen LogP contribution in [0.2, 0.25) is 0 Å². The summed E-state index contributed by atoms with van der Waals surface area (Å²) in [7, 11) is 0. The third-order valence-corrected chi connectivity index (χ3v) is 3.60. The zero-order valence-corrected chi connectivity index (χ0v) is 12.1. The van der Waals surface area contributed by atoms with E-state index in [1.807, 2.05) is 25.1 Å². The van der Waals surface area contributed by atoms with Crippen molar-refractivity contribution >= 4 is 34.3 Å². The van der Waals surface area contributed by atoms with Gasteiger partial charge in [0.15, 0.2) is 0 Å². The van der Waals surface area contributed by atoms with Crippen LogP contribution in [0, 0.1) is 6.92 Å². The lowest BCUT2D eigenvalue weighted by atomic mass is 10.1. The molecule has 1 aromatic carbocycles. The lowest BCUT2D eigenvalue weighted by Crippen LogP contribution is -2.36. The lowest BCUT2D eigenvalue weighted by molar-refractivity contribution is -0.141. The van der Waals surface area contributed by atoms with E-state index < -0.39 is 5.91 Å². The number of likely N-dealkylation sites (tertiary alicyclic amines) is 1. The highest BCUT2D eigenvalue weighted by molar-refractivity contribution is 6.08. The van der Waals surface area contributed by atoms with E-state index in [9.17, 15) is 14.4 Å². The van der Waals surface area contributed by atoms with E-state index in [0.717, 1.165) is 21.5 Å². The molecule has 1 N–H and O–H groups in total. The highest BCUT2D eigenvalue weighted by Gasteiger charge is 2.30. The number of hydrogen-bond donors (Lipinski definition) is 1. The molecule has 6 nitrogen and oxygen atoms in total. The van der Waals surface area contributed by atoms with Crippen molar-refractivity contribution in [3.63, 3.8) is 0 Å². The monoisotopic (exact) mass is 297 g/mol. The van der Waals surface area contributed by atoms with Gasteiger partial charge in [-0.25, -0.2) is 0 Å². The third-order valence-electron chi connectivity index (χ3n) is 3.60. The zero-order chi connectivity index (χ0) is 15.7. The minimum Gasteiger partial charge on any atom is -0.324 e. The molecular formula is C16H15N3O3. The number of aryl methyl sites for hydroxylation is 1. The van der Waals surface area contributed by atoms with Crippen LogP contribution in [0.1, 0.15) is 18.5 Å². The molecule has 0 saturated carbocycles.